The molecule has 1 atom stereocenters. The standard InChI is InChI=1S/C19H19F3N4O2S/c1-2-3-14-10-16(27)26-17(23-14)29-18(24-26)25-8-9-28-15(11-25)12-4-6-13(7-5-12)19(20,21)22/h4-7,10,15H,2-3,8-9,11H2,1H3. The summed E-state index contributed by atoms with van der Waals surface area (Å²) in [6.07, 6.45) is -3.12. The second-order valence-corrected chi connectivity index (χ2v) is 7.77. The first kappa shape index (κ1) is 19.8. The predicted octanol–water partition coefficient (Wildman–Crippen LogP) is 3.70. The zero-order valence-electron chi connectivity index (χ0n) is 15.6. The molecule has 1 aromatic carbocycles. The Morgan fingerprint density at radius 1 is 1.28 bits per heavy atom. The molecule has 3 heterocycles. The summed E-state index contributed by atoms with van der Waals surface area (Å²) < 4.78 is 45.4. The molecule has 1 aliphatic rings. The van der Waals surface area contributed by atoms with Gasteiger partial charge in [0.15, 0.2) is 0 Å². The summed E-state index contributed by atoms with van der Waals surface area (Å²) in [5.74, 6) is 0. The molecule has 0 saturated carbocycles. The molecular weight excluding hydrogens is 405 g/mol. The summed E-state index contributed by atoms with van der Waals surface area (Å²) in [5.41, 5.74) is 0.517. The van der Waals surface area contributed by atoms with Crippen molar-refractivity contribution in [3.63, 3.8) is 0 Å². The highest BCUT2D eigenvalue weighted by molar-refractivity contribution is 7.20. The van der Waals surface area contributed by atoms with Crippen LogP contribution in [0, 0.1) is 0 Å². The third kappa shape index (κ3) is 4.13. The van der Waals surface area contributed by atoms with E-state index in [1.807, 2.05) is 11.8 Å². The Balaban J connectivity index is 1.57. The van der Waals surface area contributed by atoms with Crippen molar-refractivity contribution in [1.82, 2.24) is 14.6 Å². The van der Waals surface area contributed by atoms with Crippen molar-refractivity contribution in [2.45, 2.75) is 32.0 Å². The maximum Gasteiger partial charge on any atom is 0.416 e. The number of halogens is 3. The molecule has 154 valence electrons. The molecule has 0 bridgehead atoms. The average molecular weight is 424 g/mol. The first-order valence-electron chi connectivity index (χ1n) is 9.28. The van der Waals surface area contributed by atoms with E-state index in [4.69, 9.17) is 4.74 Å². The summed E-state index contributed by atoms with van der Waals surface area (Å²) in [6.45, 7) is 3.44. The highest BCUT2D eigenvalue weighted by atomic mass is 32.1. The number of nitrogens with zero attached hydrogens (tertiary/aromatic N) is 4. The molecule has 0 spiro atoms. The minimum atomic E-state index is -4.37. The lowest BCUT2D eigenvalue weighted by molar-refractivity contribution is -0.137. The first-order valence-corrected chi connectivity index (χ1v) is 10.1. The third-order valence-electron chi connectivity index (χ3n) is 4.74. The van der Waals surface area contributed by atoms with E-state index in [-0.39, 0.29) is 11.7 Å². The Hall–Kier alpha value is -2.46. The van der Waals surface area contributed by atoms with Gasteiger partial charge in [-0.05, 0) is 24.1 Å². The molecular formula is C19H19F3N4O2S. The van der Waals surface area contributed by atoms with Crippen LogP contribution in [0.15, 0.2) is 35.1 Å². The number of aromatic nitrogens is 3. The zero-order valence-corrected chi connectivity index (χ0v) is 16.5. The van der Waals surface area contributed by atoms with Crippen LogP contribution in [0.3, 0.4) is 0 Å². The molecule has 29 heavy (non-hydrogen) atoms. The molecule has 1 unspecified atom stereocenters. The lowest BCUT2D eigenvalue weighted by Gasteiger charge is -2.32. The summed E-state index contributed by atoms with van der Waals surface area (Å²) in [4.78, 5) is 19.3. The SMILES string of the molecule is CCCc1cc(=O)n2nc(N3CCOC(c4ccc(C(F)(F)F)cc4)C3)sc2n1. The molecule has 0 amide bonds. The van der Waals surface area contributed by atoms with Crippen LogP contribution in [0.25, 0.3) is 4.96 Å². The second kappa shape index (κ2) is 7.75. The molecule has 0 radical (unpaired) electrons. The number of hydrogen-bond donors (Lipinski definition) is 0. The number of aryl methyl sites for hydroxylation is 1. The Morgan fingerprint density at radius 3 is 2.72 bits per heavy atom. The van der Waals surface area contributed by atoms with Gasteiger partial charge in [0.1, 0.15) is 6.10 Å². The van der Waals surface area contributed by atoms with Crippen LogP contribution in [0.1, 0.15) is 36.3 Å². The Kier molecular flexibility index (Phi) is 5.30. The highest BCUT2D eigenvalue weighted by Gasteiger charge is 2.31. The summed E-state index contributed by atoms with van der Waals surface area (Å²) in [5, 5.41) is 5.04. The molecule has 1 fully saturated rings. The van der Waals surface area contributed by atoms with Crippen molar-refractivity contribution < 1.29 is 17.9 Å². The van der Waals surface area contributed by atoms with Gasteiger partial charge >= 0.3 is 6.18 Å². The molecule has 3 aromatic rings. The second-order valence-electron chi connectivity index (χ2n) is 6.84. The van der Waals surface area contributed by atoms with Gasteiger partial charge in [-0.3, -0.25) is 4.79 Å². The van der Waals surface area contributed by atoms with Crippen LogP contribution in [0.4, 0.5) is 18.3 Å². The van der Waals surface area contributed by atoms with E-state index in [1.165, 1.54) is 34.1 Å². The minimum absolute atomic E-state index is 0.214. The Labute approximate surface area is 168 Å². The number of alkyl halides is 3. The molecule has 0 aliphatic carbocycles. The van der Waals surface area contributed by atoms with E-state index in [0.717, 1.165) is 30.7 Å². The van der Waals surface area contributed by atoms with Gasteiger partial charge in [0, 0.05) is 18.3 Å². The zero-order chi connectivity index (χ0) is 20.6. The lowest BCUT2D eigenvalue weighted by atomic mass is 10.1. The Bertz CT molecular complexity index is 1060. The molecule has 10 heteroatoms. The van der Waals surface area contributed by atoms with Gasteiger partial charge < -0.3 is 9.64 Å². The first-order chi connectivity index (χ1) is 13.8. The lowest BCUT2D eigenvalue weighted by Crippen LogP contribution is -2.38. The number of benzene rings is 1. The van der Waals surface area contributed by atoms with E-state index < -0.39 is 11.7 Å². The summed E-state index contributed by atoms with van der Waals surface area (Å²) in [7, 11) is 0. The quantitative estimate of drug-likeness (QED) is 0.639. The van der Waals surface area contributed by atoms with Gasteiger partial charge in [0.2, 0.25) is 10.1 Å². The molecule has 1 saturated heterocycles. The number of rotatable bonds is 4. The molecule has 4 rings (SSSR count). The van der Waals surface area contributed by atoms with Gasteiger partial charge in [-0.1, -0.05) is 36.8 Å². The van der Waals surface area contributed by atoms with Crippen LogP contribution in [0.5, 0.6) is 0 Å². The van der Waals surface area contributed by atoms with Gasteiger partial charge in [-0.15, -0.1) is 5.10 Å². The molecule has 1 aliphatic heterocycles. The van der Waals surface area contributed by atoms with Crippen molar-refractivity contribution in [3.05, 3.63) is 57.5 Å². The maximum atomic E-state index is 12.8. The largest absolute Gasteiger partial charge is 0.416 e. The van der Waals surface area contributed by atoms with Gasteiger partial charge in [0.05, 0.1) is 18.7 Å². The van der Waals surface area contributed by atoms with E-state index in [0.29, 0.717) is 35.4 Å². The average Bonchev–Trinajstić information content (AvgIpc) is 3.13. The molecule has 0 N–H and O–H groups in total. The Morgan fingerprint density at radius 2 is 2.03 bits per heavy atom. The van der Waals surface area contributed by atoms with Gasteiger partial charge in [-0.25, -0.2) is 4.98 Å². The van der Waals surface area contributed by atoms with Crippen LogP contribution in [0.2, 0.25) is 0 Å². The number of anilines is 1. The van der Waals surface area contributed by atoms with Crippen LogP contribution < -0.4 is 10.5 Å². The normalized spacial score (nSPS) is 17.8. The van der Waals surface area contributed by atoms with Crippen molar-refractivity contribution in [1.29, 1.82) is 0 Å². The van der Waals surface area contributed by atoms with Crippen molar-refractivity contribution in [3.8, 4) is 0 Å². The number of hydrogen-bond acceptors (Lipinski definition) is 6. The van der Waals surface area contributed by atoms with Crippen LogP contribution in [-0.4, -0.2) is 34.3 Å². The maximum absolute atomic E-state index is 12.8. The van der Waals surface area contributed by atoms with Crippen molar-refractivity contribution in [2.24, 2.45) is 0 Å². The number of ether oxygens (including phenoxy) is 1. The van der Waals surface area contributed by atoms with Gasteiger partial charge in [0.25, 0.3) is 5.56 Å². The van der Waals surface area contributed by atoms with E-state index in [9.17, 15) is 18.0 Å². The fourth-order valence-electron chi connectivity index (χ4n) is 3.27. The van der Waals surface area contributed by atoms with E-state index in [2.05, 4.69) is 10.1 Å². The minimum Gasteiger partial charge on any atom is -0.370 e. The van der Waals surface area contributed by atoms with Crippen molar-refractivity contribution >= 4 is 21.4 Å². The fourth-order valence-corrected chi connectivity index (χ4v) is 4.23. The van der Waals surface area contributed by atoms with Crippen LogP contribution >= 0.6 is 11.3 Å². The monoisotopic (exact) mass is 424 g/mol. The van der Waals surface area contributed by atoms with Crippen molar-refractivity contribution in [2.75, 3.05) is 24.6 Å². The smallest absolute Gasteiger partial charge is 0.370 e. The molecule has 2 aromatic heterocycles. The summed E-state index contributed by atoms with van der Waals surface area (Å²) >= 11 is 1.32. The number of fused-ring (bicyclic) bond motifs is 1. The topological polar surface area (TPSA) is 59.7 Å². The summed E-state index contributed by atoms with van der Waals surface area (Å²) in [6, 6.07) is 6.52. The van der Waals surface area contributed by atoms with E-state index >= 15 is 0 Å². The highest BCUT2D eigenvalue weighted by Crippen LogP contribution is 2.32. The van der Waals surface area contributed by atoms with E-state index in [1.54, 1.807) is 0 Å². The third-order valence-corrected chi connectivity index (χ3v) is 5.71. The predicted molar refractivity (Wildman–Crippen MR) is 103 cm³/mol. The molecule has 6 nitrogen and oxygen atoms in total. The fraction of sp³-hybridized carbons (Fsp3) is 0.421. The number of morpholine rings is 1. The van der Waals surface area contributed by atoms with Gasteiger partial charge in [-0.2, -0.15) is 17.7 Å². The van der Waals surface area contributed by atoms with Crippen LogP contribution in [-0.2, 0) is 17.3 Å².